The van der Waals surface area contributed by atoms with Gasteiger partial charge >= 0.3 is 0 Å². The molecule has 158 valence electrons. The van der Waals surface area contributed by atoms with Crippen molar-refractivity contribution in [3.05, 3.63) is 58.7 Å². The van der Waals surface area contributed by atoms with E-state index in [0.29, 0.717) is 12.5 Å². The number of halogens is 1. The van der Waals surface area contributed by atoms with Crippen molar-refractivity contribution in [3.63, 3.8) is 0 Å². The highest BCUT2D eigenvalue weighted by molar-refractivity contribution is 6.05. The summed E-state index contributed by atoms with van der Waals surface area (Å²) < 4.78 is 13.5. The first kappa shape index (κ1) is 19.7. The first-order valence-electron chi connectivity index (χ1n) is 11.4. The number of piperidine rings is 2. The van der Waals surface area contributed by atoms with Crippen molar-refractivity contribution in [2.45, 2.75) is 52.0 Å². The molecule has 4 heterocycles. The van der Waals surface area contributed by atoms with E-state index in [1.165, 1.54) is 41.2 Å². The van der Waals surface area contributed by atoms with Crippen LogP contribution in [0.1, 0.15) is 56.6 Å². The molecule has 4 aliphatic heterocycles. The van der Waals surface area contributed by atoms with Gasteiger partial charge in [-0.25, -0.2) is 9.38 Å². The number of amidine groups is 1. The van der Waals surface area contributed by atoms with Crippen molar-refractivity contribution in [2.75, 3.05) is 26.2 Å². The van der Waals surface area contributed by atoms with Crippen LogP contribution in [-0.2, 0) is 6.54 Å². The van der Waals surface area contributed by atoms with Gasteiger partial charge in [0.25, 0.3) is 0 Å². The molecule has 0 atom stereocenters. The molecule has 5 heteroatoms. The number of hydrogen-bond acceptors (Lipinski definition) is 4. The fourth-order valence-corrected chi connectivity index (χ4v) is 5.43. The van der Waals surface area contributed by atoms with Gasteiger partial charge < -0.3 is 9.80 Å². The molecule has 1 aromatic carbocycles. The van der Waals surface area contributed by atoms with Crippen LogP contribution >= 0.6 is 0 Å². The predicted molar refractivity (Wildman–Crippen MR) is 120 cm³/mol. The lowest BCUT2D eigenvalue weighted by Gasteiger charge is -2.37. The first-order valence-corrected chi connectivity index (χ1v) is 11.4. The zero-order chi connectivity index (χ0) is 20.7. The van der Waals surface area contributed by atoms with Crippen LogP contribution in [0.15, 0.2) is 51.7 Å². The molecule has 1 aromatic rings. The zero-order valence-corrected chi connectivity index (χ0v) is 18.0. The second kappa shape index (κ2) is 8.10. The molecule has 4 aliphatic rings. The standard InChI is InChI=1S/C25H31FN4/c1-17-22(18(2)30-11-4-3-5-24(30)28-17)10-14-29-12-8-19(9-13-29)25-23-7-6-21(26)15-20(23)16-27-25/h6-7,15,19H,2-5,8-14,16H2,1H3. The summed E-state index contributed by atoms with van der Waals surface area (Å²) in [6.07, 6.45) is 6.83. The minimum Gasteiger partial charge on any atom is -0.330 e. The third-order valence-electron chi connectivity index (χ3n) is 7.17. The number of rotatable bonds is 4. The maximum atomic E-state index is 13.5. The van der Waals surface area contributed by atoms with Crippen LogP contribution < -0.4 is 0 Å². The average Bonchev–Trinajstić information content (AvgIpc) is 3.17. The zero-order valence-electron chi connectivity index (χ0n) is 18.0. The molecule has 0 aliphatic carbocycles. The van der Waals surface area contributed by atoms with Crippen LogP contribution in [0.25, 0.3) is 0 Å². The van der Waals surface area contributed by atoms with E-state index in [-0.39, 0.29) is 5.82 Å². The molecule has 30 heavy (non-hydrogen) atoms. The first-order chi connectivity index (χ1) is 14.6. The lowest BCUT2D eigenvalue weighted by atomic mass is 9.87. The quantitative estimate of drug-likeness (QED) is 0.711. The highest BCUT2D eigenvalue weighted by atomic mass is 19.1. The van der Waals surface area contributed by atoms with E-state index in [9.17, 15) is 4.39 Å². The Labute approximate surface area is 178 Å². The molecule has 0 radical (unpaired) electrons. The normalized spacial score (nSPS) is 22.7. The van der Waals surface area contributed by atoms with E-state index >= 15 is 0 Å². The molecule has 0 N–H and O–H groups in total. The molecule has 4 nitrogen and oxygen atoms in total. The molecule has 0 saturated carbocycles. The minimum absolute atomic E-state index is 0.157. The molecular formula is C25H31FN4. The van der Waals surface area contributed by atoms with Gasteiger partial charge in [-0.2, -0.15) is 0 Å². The van der Waals surface area contributed by atoms with Gasteiger partial charge in [-0.05, 0) is 81.5 Å². The van der Waals surface area contributed by atoms with Gasteiger partial charge in [0.1, 0.15) is 11.7 Å². The molecule has 0 spiro atoms. The van der Waals surface area contributed by atoms with E-state index in [4.69, 9.17) is 9.98 Å². The fraction of sp³-hybridized carbons (Fsp3) is 0.520. The van der Waals surface area contributed by atoms with Crippen molar-refractivity contribution in [3.8, 4) is 0 Å². The summed E-state index contributed by atoms with van der Waals surface area (Å²) in [7, 11) is 0. The third kappa shape index (κ3) is 3.64. The van der Waals surface area contributed by atoms with E-state index < -0.39 is 0 Å². The topological polar surface area (TPSA) is 31.2 Å². The van der Waals surface area contributed by atoms with Crippen LogP contribution in [-0.4, -0.2) is 47.5 Å². The summed E-state index contributed by atoms with van der Waals surface area (Å²) in [5.41, 5.74) is 7.09. The van der Waals surface area contributed by atoms with Gasteiger partial charge in [-0.3, -0.25) is 4.99 Å². The number of benzene rings is 1. The van der Waals surface area contributed by atoms with Gasteiger partial charge in [-0.15, -0.1) is 0 Å². The highest BCUT2D eigenvalue weighted by Gasteiger charge is 2.29. The van der Waals surface area contributed by atoms with Crippen LogP contribution in [0.2, 0.25) is 0 Å². The lowest BCUT2D eigenvalue weighted by molar-refractivity contribution is 0.211. The second-order valence-corrected chi connectivity index (χ2v) is 9.02. The predicted octanol–water partition coefficient (Wildman–Crippen LogP) is 4.92. The molecule has 0 amide bonds. The monoisotopic (exact) mass is 406 g/mol. The van der Waals surface area contributed by atoms with Gasteiger partial charge in [-0.1, -0.05) is 6.58 Å². The summed E-state index contributed by atoms with van der Waals surface area (Å²) in [5, 5.41) is 0. The fourth-order valence-electron chi connectivity index (χ4n) is 5.43. The van der Waals surface area contributed by atoms with Crippen molar-refractivity contribution < 1.29 is 4.39 Å². The minimum atomic E-state index is -0.157. The Kier molecular flexibility index (Phi) is 5.32. The van der Waals surface area contributed by atoms with Gasteiger partial charge in [0.15, 0.2) is 0 Å². The summed E-state index contributed by atoms with van der Waals surface area (Å²) in [6.45, 7) is 11.5. The lowest BCUT2D eigenvalue weighted by Crippen LogP contribution is -2.39. The second-order valence-electron chi connectivity index (χ2n) is 9.02. The Morgan fingerprint density at radius 1 is 1.17 bits per heavy atom. The van der Waals surface area contributed by atoms with Crippen molar-refractivity contribution in [2.24, 2.45) is 15.9 Å². The van der Waals surface area contributed by atoms with Crippen LogP contribution in [0.3, 0.4) is 0 Å². The van der Waals surface area contributed by atoms with Gasteiger partial charge in [0.2, 0.25) is 0 Å². The number of fused-ring (bicyclic) bond motifs is 2. The van der Waals surface area contributed by atoms with E-state index in [1.807, 2.05) is 6.07 Å². The number of nitrogens with zero attached hydrogens (tertiary/aromatic N) is 4. The van der Waals surface area contributed by atoms with Crippen molar-refractivity contribution in [1.29, 1.82) is 0 Å². The Morgan fingerprint density at radius 2 is 2.00 bits per heavy atom. The number of aliphatic imine (C=N–C) groups is 2. The SMILES string of the molecule is C=C1C(CCN2CCC(C3=NCc4cc(F)ccc43)CC2)=C(C)N=C2CCCCN12. The van der Waals surface area contributed by atoms with Gasteiger partial charge in [0.05, 0.1) is 6.54 Å². The summed E-state index contributed by atoms with van der Waals surface area (Å²) in [5.74, 6) is 1.56. The highest BCUT2D eigenvalue weighted by Crippen LogP contribution is 2.32. The van der Waals surface area contributed by atoms with Crippen LogP contribution in [0.4, 0.5) is 4.39 Å². The van der Waals surface area contributed by atoms with Crippen LogP contribution in [0.5, 0.6) is 0 Å². The Balaban J connectivity index is 1.18. The molecule has 0 bridgehead atoms. The molecular weight excluding hydrogens is 375 g/mol. The van der Waals surface area contributed by atoms with Crippen molar-refractivity contribution >= 4 is 11.5 Å². The molecule has 0 unspecified atom stereocenters. The molecule has 0 aromatic heterocycles. The van der Waals surface area contributed by atoms with E-state index in [1.54, 1.807) is 12.1 Å². The number of hydrogen-bond donors (Lipinski definition) is 0. The van der Waals surface area contributed by atoms with E-state index in [0.717, 1.165) is 63.1 Å². The maximum absolute atomic E-state index is 13.5. The van der Waals surface area contributed by atoms with Gasteiger partial charge in [0, 0.05) is 48.1 Å². The van der Waals surface area contributed by atoms with Crippen molar-refractivity contribution in [1.82, 2.24) is 9.80 Å². The summed E-state index contributed by atoms with van der Waals surface area (Å²) in [6, 6.07) is 5.13. The molecule has 5 rings (SSSR count). The summed E-state index contributed by atoms with van der Waals surface area (Å²) >= 11 is 0. The molecule has 2 fully saturated rings. The Hall–Kier alpha value is -2.27. The third-order valence-corrected chi connectivity index (χ3v) is 7.17. The molecule has 2 saturated heterocycles. The smallest absolute Gasteiger partial charge is 0.123 e. The maximum Gasteiger partial charge on any atom is 0.123 e. The van der Waals surface area contributed by atoms with Crippen LogP contribution in [0, 0.1) is 11.7 Å². The Bertz CT molecular complexity index is 950. The average molecular weight is 407 g/mol. The Morgan fingerprint density at radius 3 is 2.83 bits per heavy atom. The van der Waals surface area contributed by atoms with E-state index in [2.05, 4.69) is 23.3 Å². The number of allylic oxidation sites excluding steroid dienone is 2. The summed E-state index contributed by atoms with van der Waals surface area (Å²) in [4.78, 5) is 14.6. The largest absolute Gasteiger partial charge is 0.330 e. The number of likely N-dealkylation sites (tertiary alicyclic amines) is 1.